The molecule has 22 heavy (non-hydrogen) atoms. The Bertz CT molecular complexity index is 764. The molecule has 0 aromatic carbocycles. The lowest BCUT2D eigenvalue weighted by Gasteiger charge is -2.13. The van der Waals surface area contributed by atoms with Crippen molar-refractivity contribution in [1.82, 2.24) is 19.1 Å². The smallest absolute Gasteiger partial charge is 0.329 e. The zero-order chi connectivity index (χ0) is 16.3. The van der Waals surface area contributed by atoms with Gasteiger partial charge in [-0.3, -0.25) is 14.3 Å². The lowest BCUT2D eigenvalue weighted by atomic mass is 10.3. The highest BCUT2D eigenvalue weighted by Crippen LogP contribution is 2.16. The fourth-order valence-electron chi connectivity index (χ4n) is 2.10. The topological polar surface area (TPSA) is 102 Å². The molecule has 1 atom stereocenters. The zero-order valence-electron chi connectivity index (χ0n) is 12.5. The van der Waals surface area contributed by atoms with E-state index in [0.29, 0.717) is 11.3 Å². The van der Waals surface area contributed by atoms with Gasteiger partial charge in [-0.05, 0) is 22.4 Å². The summed E-state index contributed by atoms with van der Waals surface area (Å²) >= 11 is 3.26. The van der Waals surface area contributed by atoms with Crippen LogP contribution in [-0.2, 0) is 18.3 Å². The molecule has 0 bridgehead atoms. The fraction of sp³-hybridized carbons (Fsp3) is 0.615. The number of nitrogens with zero attached hydrogens (tertiary/aromatic N) is 3. The van der Waals surface area contributed by atoms with Gasteiger partial charge in [-0.15, -0.1) is 0 Å². The van der Waals surface area contributed by atoms with Crippen LogP contribution in [0.1, 0.15) is 19.8 Å². The maximum Gasteiger partial charge on any atom is 0.329 e. The largest absolute Gasteiger partial charge is 0.389 e. The number of aromatic nitrogens is 4. The summed E-state index contributed by atoms with van der Waals surface area (Å²) in [7, 11) is 1.52. The Morgan fingerprint density at radius 3 is 2.86 bits per heavy atom. The molecule has 0 fully saturated rings. The van der Waals surface area contributed by atoms with E-state index < -0.39 is 17.4 Å². The Balaban J connectivity index is 2.25. The molecule has 0 radical (unpaired) electrons. The molecule has 0 aliphatic heterocycles. The van der Waals surface area contributed by atoms with E-state index in [0.717, 1.165) is 12.8 Å². The first-order valence-corrected chi connectivity index (χ1v) is 7.85. The molecule has 9 heteroatoms. The van der Waals surface area contributed by atoms with Crippen molar-refractivity contribution < 1.29 is 9.84 Å². The number of H-pyrrole nitrogens is 1. The molecule has 0 aliphatic rings. The predicted molar refractivity (Wildman–Crippen MR) is 85.0 cm³/mol. The van der Waals surface area contributed by atoms with Gasteiger partial charge < -0.3 is 14.4 Å². The number of hydrogen-bond donors (Lipinski definition) is 2. The van der Waals surface area contributed by atoms with Crippen LogP contribution in [0, 0.1) is 0 Å². The molecule has 2 heterocycles. The van der Waals surface area contributed by atoms with Gasteiger partial charge in [0.25, 0.3) is 5.56 Å². The Labute approximate surface area is 134 Å². The van der Waals surface area contributed by atoms with Gasteiger partial charge in [0, 0.05) is 13.7 Å². The molecule has 2 N–H and O–H groups in total. The first kappa shape index (κ1) is 16.9. The molecule has 0 amide bonds. The number of aryl methyl sites for hydroxylation is 1. The van der Waals surface area contributed by atoms with Crippen LogP contribution in [0.3, 0.4) is 0 Å². The van der Waals surface area contributed by atoms with Crippen molar-refractivity contribution in [2.24, 2.45) is 7.05 Å². The van der Waals surface area contributed by atoms with Crippen molar-refractivity contribution >= 4 is 27.1 Å². The van der Waals surface area contributed by atoms with Gasteiger partial charge in [0.05, 0.1) is 19.3 Å². The normalized spacial score (nSPS) is 12.9. The number of rotatable bonds is 7. The van der Waals surface area contributed by atoms with Crippen LogP contribution < -0.4 is 11.2 Å². The molecule has 0 unspecified atom stereocenters. The van der Waals surface area contributed by atoms with Crippen LogP contribution >= 0.6 is 15.9 Å². The summed E-state index contributed by atoms with van der Waals surface area (Å²) < 4.78 is 8.53. The summed E-state index contributed by atoms with van der Waals surface area (Å²) in [5, 5.41) is 10.0. The maximum absolute atomic E-state index is 12.0. The van der Waals surface area contributed by atoms with Gasteiger partial charge in [-0.25, -0.2) is 9.78 Å². The van der Waals surface area contributed by atoms with Crippen molar-refractivity contribution in [3.63, 3.8) is 0 Å². The van der Waals surface area contributed by atoms with E-state index in [2.05, 4.69) is 32.8 Å². The molecule has 2 aromatic rings. The lowest BCUT2D eigenvalue weighted by Crippen LogP contribution is -2.30. The molecule has 0 spiro atoms. The van der Waals surface area contributed by atoms with Gasteiger partial charge >= 0.3 is 5.69 Å². The van der Waals surface area contributed by atoms with Crippen molar-refractivity contribution in [2.45, 2.75) is 32.4 Å². The van der Waals surface area contributed by atoms with Gasteiger partial charge in [-0.1, -0.05) is 13.3 Å². The average molecular weight is 375 g/mol. The molecular formula is C13H19BrN4O4. The molecule has 0 saturated carbocycles. The second-order valence-electron chi connectivity index (χ2n) is 5.06. The summed E-state index contributed by atoms with van der Waals surface area (Å²) in [5.74, 6) is 0. The molecule has 2 rings (SSSR count). The number of ether oxygens (including phenoxy) is 1. The third-order valence-corrected chi connectivity index (χ3v) is 3.91. The van der Waals surface area contributed by atoms with Crippen molar-refractivity contribution in [3.8, 4) is 0 Å². The second-order valence-corrected chi connectivity index (χ2v) is 5.77. The summed E-state index contributed by atoms with van der Waals surface area (Å²) in [6.07, 6.45) is 1.19. The molecule has 8 nitrogen and oxygen atoms in total. The Kier molecular flexibility index (Phi) is 5.54. The van der Waals surface area contributed by atoms with E-state index in [-0.39, 0.29) is 24.3 Å². The minimum Gasteiger partial charge on any atom is -0.389 e. The quantitative estimate of drug-likeness (QED) is 0.538. The number of aromatic amines is 1. The number of aliphatic hydroxyl groups is 1. The highest BCUT2D eigenvalue weighted by Gasteiger charge is 2.18. The number of halogens is 1. The van der Waals surface area contributed by atoms with Gasteiger partial charge in [0.1, 0.15) is 0 Å². The number of hydrogen-bond acceptors (Lipinski definition) is 5. The number of fused-ring (bicyclic) bond motifs is 1. The van der Waals surface area contributed by atoms with E-state index in [9.17, 15) is 14.7 Å². The highest BCUT2D eigenvalue weighted by molar-refractivity contribution is 9.10. The number of aliphatic hydroxyl groups excluding tert-OH is 1. The molecular weight excluding hydrogens is 356 g/mol. The lowest BCUT2D eigenvalue weighted by molar-refractivity contribution is 0.0273. The third-order valence-electron chi connectivity index (χ3n) is 3.31. The van der Waals surface area contributed by atoms with Crippen LogP contribution in [-0.4, -0.2) is 43.5 Å². The molecule has 122 valence electrons. The van der Waals surface area contributed by atoms with Gasteiger partial charge in [0.15, 0.2) is 15.9 Å². The SMILES string of the molecule is CCCCOC[C@H](O)Cn1c(Br)nc2c1c(=O)[nH]c(=O)n2C. The van der Waals surface area contributed by atoms with Crippen LogP contribution in [0.4, 0.5) is 0 Å². The maximum atomic E-state index is 12.0. The zero-order valence-corrected chi connectivity index (χ0v) is 14.1. The fourth-order valence-corrected chi connectivity index (χ4v) is 2.59. The summed E-state index contributed by atoms with van der Waals surface area (Å²) in [6, 6.07) is 0. The van der Waals surface area contributed by atoms with Crippen LogP contribution in [0.25, 0.3) is 11.2 Å². The average Bonchev–Trinajstić information content (AvgIpc) is 2.79. The van der Waals surface area contributed by atoms with Crippen molar-refractivity contribution in [3.05, 3.63) is 25.6 Å². The molecule has 0 saturated heterocycles. The van der Waals surface area contributed by atoms with E-state index in [1.807, 2.05) is 0 Å². The number of imidazole rings is 1. The van der Waals surface area contributed by atoms with E-state index >= 15 is 0 Å². The van der Waals surface area contributed by atoms with E-state index in [1.165, 1.54) is 16.2 Å². The van der Waals surface area contributed by atoms with Crippen LogP contribution in [0.15, 0.2) is 14.3 Å². The van der Waals surface area contributed by atoms with Crippen molar-refractivity contribution in [1.29, 1.82) is 0 Å². The minimum absolute atomic E-state index is 0.143. The van der Waals surface area contributed by atoms with Gasteiger partial charge in [0.2, 0.25) is 0 Å². The second kappa shape index (κ2) is 7.21. The third kappa shape index (κ3) is 3.47. The standard InChI is InChI=1S/C13H19BrN4O4/c1-3-4-5-22-7-8(19)6-18-9-10(15-12(18)14)17(2)13(21)16-11(9)20/h8,19H,3-7H2,1-2H3,(H,16,20,21)/t8-/m1/s1. The van der Waals surface area contributed by atoms with Crippen molar-refractivity contribution in [2.75, 3.05) is 13.2 Å². The summed E-state index contributed by atoms with van der Waals surface area (Å²) in [5.41, 5.74) is -0.560. The summed E-state index contributed by atoms with van der Waals surface area (Å²) in [6.45, 7) is 2.97. The monoisotopic (exact) mass is 374 g/mol. The van der Waals surface area contributed by atoms with E-state index in [1.54, 1.807) is 0 Å². The Hall–Kier alpha value is -1.45. The Morgan fingerprint density at radius 2 is 2.18 bits per heavy atom. The summed E-state index contributed by atoms with van der Waals surface area (Å²) in [4.78, 5) is 30.0. The molecule has 2 aromatic heterocycles. The Morgan fingerprint density at radius 1 is 1.45 bits per heavy atom. The minimum atomic E-state index is -0.776. The van der Waals surface area contributed by atoms with Crippen LogP contribution in [0.2, 0.25) is 0 Å². The number of unbranched alkanes of at least 4 members (excludes halogenated alkanes) is 1. The van der Waals surface area contributed by atoms with Gasteiger partial charge in [-0.2, -0.15) is 0 Å². The molecule has 0 aliphatic carbocycles. The van der Waals surface area contributed by atoms with Crippen LogP contribution in [0.5, 0.6) is 0 Å². The first-order valence-electron chi connectivity index (χ1n) is 7.06. The predicted octanol–water partition coefficient (Wildman–Crippen LogP) is 0.363. The first-order chi connectivity index (χ1) is 10.5. The van der Waals surface area contributed by atoms with E-state index in [4.69, 9.17) is 4.74 Å². The number of nitrogens with one attached hydrogen (secondary N) is 1. The highest BCUT2D eigenvalue weighted by atomic mass is 79.9.